The molecule has 0 amide bonds. The fourth-order valence-electron chi connectivity index (χ4n) is 7.74. The zero-order valence-electron chi connectivity index (χ0n) is 53.0. The summed E-state index contributed by atoms with van der Waals surface area (Å²) in [5.41, 5.74) is 21.6. The molecule has 3 fully saturated rings. The van der Waals surface area contributed by atoms with Crippen LogP contribution in [-0.4, -0.2) is 203 Å². The first-order valence-corrected chi connectivity index (χ1v) is 31.0. The lowest BCUT2D eigenvalue weighted by Crippen LogP contribution is -2.29. The van der Waals surface area contributed by atoms with Gasteiger partial charge in [-0.25, -0.2) is 0 Å². The van der Waals surface area contributed by atoms with Crippen molar-refractivity contribution in [2.24, 2.45) is 28.9 Å². The maximum absolute atomic E-state index is 5.45. The van der Waals surface area contributed by atoms with Crippen LogP contribution in [0.3, 0.4) is 0 Å². The summed E-state index contributed by atoms with van der Waals surface area (Å²) in [5, 5.41) is 19.8. The van der Waals surface area contributed by atoms with E-state index in [1.807, 2.05) is 21.0 Å². The van der Waals surface area contributed by atoms with E-state index in [4.69, 9.17) is 22.9 Å². The first-order valence-electron chi connectivity index (χ1n) is 31.0. The van der Waals surface area contributed by atoms with E-state index in [-0.39, 0.29) is 0 Å². The summed E-state index contributed by atoms with van der Waals surface area (Å²) in [6.07, 6.45) is 22.9. The molecule has 3 heterocycles. The van der Waals surface area contributed by atoms with E-state index >= 15 is 0 Å². The normalized spacial score (nSPS) is 15.7. The molecule has 14 heteroatoms. The summed E-state index contributed by atoms with van der Waals surface area (Å²) in [7, 11) is 6.22. The van der Waals surface area contributed by atoms with Crippen LogP contribution in [0.2, 0.25) is 0 Å². The molecule has 2 atom stereocenters. The maximum atomic E-state index is 5.45. The minimum Gasteiger partial charge on any atom is -0.330 e. The molecule has 0 spiro atoms. The van der Waals surface area contributed by atoms with Gasteiger partial charge >= 0.3 is 0 Å². The van der Waals surface area contributed by atoms with Crippen LogP contribution in [0.15, 0.2) is 0 Å². The number of likely N-dealkylation sites (tertiary alicyclic amines) is 2. The zero-order chi connectivity index (χ0) is 56.4. The van der Waals surface area contributed by atoms with Gasteiger partial charge in [0.1, 0.15) is 0 Å². The van der Waals surface area contributed by atoms with Gasteiger partial charge in [0.2, 0.25) is 0 Å². The second-order valence-electron chi connectivity index (χ2n) is 20.9. The van der Waals surface area contributed by atoms with Gasteiger partial charge in [-0.1, -0.05) is 128 Å². The molecule has 0 aliphatic carbocycles. The van der Waals surface area contributed by atoms with Crippen LogP contribution in [0.5, 0.6) is 0 Å². The summed E-state index contributed by atoms with van der Waals surface area (Å²) in [6, 6.07) is 1.73. The van der Waals surface area contributed by atoms with Crippen molar-refractivity contribution in [3.05, 3.63) is 0 Å². The fraction of sp³-hybridized carbons (Fsp3) is 1.00. The lowest BCUT2D eigenvalue weighted by Gasteiger charge is -2.17. The predicted molar refractivity (Wildman–Crippen MR) is 335 cm³/mol. The largest absolute Gasteiger partial charge is 0.330 e. The SMILES string of the molecule is C1CNCCNC1.CC(C)CCCNC(C)C.CC(N)CN(C)C.CCCCCCC.CCCCCNCC.CCN(CC)CCN.CCNCCCNCC.CN1CCCC1CCN.NCCN1CCCC1. The van der Waals surface area contributed by atoms with Gasteiger partial charge in [-0.3, -0.25) is 0 Å². The van der Waals surface area contributed by atoms with Crippen LogP contribution < -0.4 is 54.8 Å². The third kappa shape index (κ3) is 88.4. The van der Waals surface area contributed by atoms with Crippen molar-refractivity contribution in [2.45, 2.75) is 217 Å². The number of nitrogens with zero attached hydrogens (tertiary/aromatic N) is 4. The number of rotatable bonds is 30. The Kier molecular flexibility index (Phi) is 86.8. The smallest absolute Gasteiger partial charge is 0.0138 e. The van der Waals surface area contributed by atoms with Crippen LogP contribution in [0.4, 0.5) is 0 Å². The Labute approximate surface area is 461 Å². The molecular formula is C59H144N14. The number of nitrogens with one attached hydrogen (secondary N) is 6. The van der Waals surface area contributed by atoms with Crippen LogP contribution in [0.1, 0.15) is 199 Å². The molecule has 2 unspecified atom stereocenters. The lowest BCUT2D eigenvalue weighted by molar-refractivity contribution is 0.299. The highest BCUT2D eigenvalue weighted by atomic mass is 15.1. The Bertz CT molecular complexity index is 821. The summed E-state index contributed by atoms with van der Waals surface area (Å²) < 4.78 is 0. The molecule has 0 radical (unpaired) electrons. The molecule has 14 nitrogen and oxygen atoms in total. The van der Waals surface area contributed by atoms with E-state index in [1.165, 1.54) is 155 Å². The molecule has 0 aromatic heterocycles. The second-order valence-corrected chi connectivity index (χ2v) is 20.9. The van der Waals surface area contributed by atoms with Crippen molar-refractivity contribution < 1.29 is 0 Å². The Hall–Kier alpha value is -0.560. The number of hydrogen-bond donors (Lipinski definition) is 10. The van der Waals surface area contributed by atoms with E-state index in [1.54, 1.807) is 0 Å². The molecule has 0 saturated carbocycles. The molecule has 0 aromatic carbocycles. The van der Waals surface area contributed by atoms with Crippen LogP contribution in [0.25, 0.3) is 0 Å². The van der Waals surface area contributed by atoms with Crippen molar-refractivity contribution in [2.75, 3.05) is 165 Å². The van der Waals surface area contributed by atoms with E-state index in [0.29, 0.717) is 12.1 Å². The summed E-state index contributed by atoms with van der Waals surface area (Å²) in [4.78, 5) is 9.21. The van der Waals surface area contributed by atoms with Gasteiger partial charge in [0.05, 0.1) is 0 Å². The van der Waals surface area contributed by atoms with Crippen molar-refractivity contribution >= 4 is 0 Å². The molecule has 0 bridgehead atoms. The summed E-state index contributed by atoms with van der Waals surface area (Å²) in [6.45, 7) is 52.6. The monoisotopic (exact) mass is 1050 g/mol. The molecular weight excluding hydrogens is 905 g/mol. The average molecular weight is 1050 g/mol. The minimum atomic E-state index is 0.301. The Morgan fingerprint density at radius 2 is 1.08 bits per heavy atom. The Balaban J connectivity index is -0.000000173. The highest BCUT2D eigenvalue weighted by molar-refractivity contribution is 4.76. The minimum absolute atomic E-state index is 0.301. The van der Waals surface area contributed by atoms with Gasteiger partial charge in [-0.15, -0.1) is 0 Å². The van der Waals surface area contributed by atoms with Gasteiger partial charge < -0.3 is 74.4 Å². The van der Waals surface area contributed by atoms with Gasteiger partial charge in [-0.2, -0.15) is 0 Å². The quantitative estimate of drug-likeness (QED) is 0.0312. The van der Waals surface area contributed by atoms with Crippen molar-refractivity contribution in [1.29, 1.82) is 0 Å². The predicted octanol–water partition coefficient (Wildman–Crippen LogP) is 8.00. The third-order valence-electron chi connectivity index (χ3n) is 12.1. The Morgan fingerprint density at radius 3 is 1.42 bits per heavy atom. The highest BCUT2D eigenvalue weighted by Crippen LogP contribution is 2.16. The van der Waals surface area contributed by atoms with Crippen molar-refractivity contribution in [3.63, 3.8) is 0 Å². The van der Waals surface area contributed by atoms with Crippen LogP contribution >= 0.6 is 0 Å². The molecule has 14 N–H and O–H groups in total. The van der Waals surface area contributed by atoms with Gasteiger partial charge in [-0.05, 0) is 196 Å². The molecule has 73 heavy (non-hydrogen) atoms. The number of hydrogen-bond acceptors (Lipinski definition) is 14. The van der Waals surface area contributed by atoms with Gasteiger partial charge in [0.25, 0.3) is 0 Å². The standard InChI is InChI=1S/C9H21N.C7H16N2.C7H18N2.C7H17N.C7H16.C6H14N2.C6H16N2.C5H12N2.C5H14N2/c1-8(2)6-5-7-10-9(3)4;1-9-6-2-3-7(9)4-5-8;1-3-8-6-5-7-9-4-2;1-3-5-6-7-8-4-2;1-3-5-7-6-4-2;7-3-6-8-4-1-2-5-8;1-3-8(4-2)6-5-7;1-2-6-4-5-7-3-1;1-5(6)4-7(2)3/h8-10H,5-7H2,1-4H3;7H,2-6,8H2,1H3;8-9H,3-7H2,1-2H3;8H,3-7H2,1-2H3;3-7H2,1-2H3;1-7H2;3-7H2,1-2H3;6-7H,1-5H2;5H,4,6H2,1-3H3. The molecule has 3 aliphatic heterocycles. The van der Waals surface area contributed by atoms with Gasteiger partial charge in [0.15, 0.2) is 0 Å². The van der Waals surface area contributed by atoms with Crippen LogP contribution in [0, 0.1) is 5.92 Å². The number of likely N-dealkylation sites (N-methyl/N-ethyl adjacent to an activating group) is 2. The van der Waals surface area contributed by atoms with E-state index in [9.17, 15) is 0 Å². The number of unbranched alkanes of at least 4 members (excludes halogenated alkanes) is 6. The first-order chi connectivity index (χ1) is 35.1. The fourth-order valence-corrected chi connectivity index (χ4v) is 7.74. The zero-order valence-corrected chi connectivity index (χ0v) is 53.0. The first kappa shape index (κ1) is 83.8. The summed E-state index contributed by atoms with van der Waals surface area (Å²) in [5.74, 6) is 0.856. The lowest BCUT2D eigenvalue weighted by atomic mass is 10.1. The van der Waals surface area contributed by atoms with E-state index in [0.717, 1.165) is 110 Å². The summed E-state index contributed by atoms with van der Waals surface area (Å²) >= 11 is 0. The molecule has 3 aliphatic rings. The molecule has 450 valence electrons. The van der Waals surface area contributed by atoms with Gasteiger partial charge in [0, 0.05) is 63.9 Å². The highest BCUT2D eigenvalue weighted by Gasteiger charge is 2.19. The third-order valence-corrected chi connectivity index (χ3v) is 12.1. The topological polar surface area (TPSA) is 189 Å². The van der Waals surface area contributed by atoms with E-state index in [2.05, 4.69) is 142 Å². The maximum Gasteiger partial charge on any atom is 0.0138 e. The van der Waals surface area contributed by atoms with E-state index < -0.39 is 0 Å². The average Bonchev–Trinajstić information content (AvgIpc) is 3.93. The number of nitrogens with two attached hydrogens (primary N) is 4. The van der Waals surface area contributed by atoms with Crippen molar-refractivity contribution in [3.8, 4) is 0 Å². The van der Waals surface area contributed by atoms with Crippen LogP contribution in [-0.2, 0) is 0 Å². The van der Waals surface area contributed by atoms with Crippen molar-refractivity contribution in [1.82, 2.24) is 51.5 Å². The Morgan fingerprint density at radius 1 is 0.575 bits per heavy atom. The molecule has 3 saturated heterocycles. The molecule has 3 rings (SSSR count). The second kappa shape index (κ2) is 75.7. The molecule has 0 aromatic rings.